The summed E-state index contributed by atoms with van der Waals surface area (Å²) in [4.78, 5) is 4.83. The summed E-state index contributed by atoms with van der Waals surface area (Å²) >= 11 is 3.96. The van der Waals surface area contributed by atoms with Crippen molar-refractivity contribution in [1.29, 1.82) is 0 Å². The van der Waals surface area contributed by atoms with E-state index in [9.17, 15) is 0 Å². The second-order valence-electron chi connectivity index (χ2n) is 5.76. The zero-order valence-electron chi connectivity index (χ0n) is 10.6. The van der Waals surface area contributed by atoms with Gasteiger partial charge in [-0.1, -0.05) is 31.0 Å². The second-order valence-corrected chi connectivity index (χ2v) is 8.00. The molecule has 1 saturated heterocycles. The summed E-state index contributed by atoms with van der Waals surface area (Å²) in [5, 5.41) is 4.96. The molecule has 2 saturated carbocycles. The third kappa shape index (κ3) is 2.62. The number of nitrogens with one attached hydrogen (secondary N) is 1. The maximum absolute atomic E-state index is 4.83. The van der Waals surface area contributed by atoms with Crippen LogP contribution in [0.25, 0.3) is 0 Å². The number of thioether (sulfide) groups is 2. The number of aliphatic imine (C=N–C) groups is 1. The van der Waals surface area contributed by atoms with E-state index in [1.54, 1.807) is 0 Å². The average Bonchev–Trinajstić information content (AvgIpc) is 3.06. The lowest BCUT2D eigenvalue weighted by Crippen LogP contribution is -2.45. The Balaban J connectivity index is 1.57. The van der Waals surface area contributed by atoms with Crippen LogP contribution in [0.4, 0.5) is 0 Å². The first-order chi connectivity index (χ1) is 8.26. The maximum Gasteiger partial charge on any atom is 0.157 e. The predicted molar refractivity (Wildman–Crippen MR) is 79.2 cm³/mol. The normalized spacial score (nSPS) is 31.7. The molecule has 1 aliphatic heterocycles. The van der Waals surface area contributed by atoms with Crippen LogP contribution in [0.1, 0.15) is 44.9 Å². The van der Waals surface area contributed by atoms with Gasteiger partial charge in [-0.05, 0) is 31.9 Å². The topological polar surface area (TPSA) is 24.4 Å². The molecule has 2 aliphatic carbocycles. The van der Waals surface area contributed by atoms with Crippen LogP contribution < -0.4 is 5.32 Å². The highest BCUT2D eigenvalue weighted by atomic mass is 32.2. The lowest BCUT2D eigenvalue weighted by Gasteiger charge is -2.32. The zero-order valence-corrected chi connectivity index (χ0v) is 12.3. The Morgan fingerprint density at radius 1 is 1.24 bits per heavy atom. The van der Waals surface area contributed by atoms with Gasteiger partial charge in [0.1, 0.15) is 0 Å². The molecule has 17 heavy (non-hydrogen) atoms. The highest BCUT2D eigenvalue weighted by Crippen LogP contribution is 2.47. The minimum Gasteiger partial charge on any atom is -0.359 e. The van der Waals surface area contributed by atoms with Crippen molar-refractivity contribution >= 4 is 28.7 Å². The van der Waals surface area contributed by atoms with Gasteiger partial charge < -0.3 is 5.32 Å². The van der Waals surface area contributed by atoms with Gasteiger partial charge >= 0.3 is 0 Å². The summed E-state index contributed by atoms with van der Waals surface area (Å²) in [6.45, 7) is 1.03. The molecule has 0 amide bonds. The van der Waals surface area contributed by atoms with Crippen molar-refractivity contribution in [3.05, 3.63) is 0 Å². The van der Waals surface area contributed by atoms with Crippen molar-refractivity contribution in [2.75, 3.05) is 18.6 Å². The van der Waals surface area contributed by atoms with Crippen molar-refractivity contribution in [2.24, 2.45) is 4.99 Å². The first-order valence-corrected chi connectivity index (χ1v) is 8.98. The molecule has 0 aromatic heterocycles. The van der Waals surface area contributed by atoms with Gasteiger partial charge in [-0.15, -0.1) is 0 Å². The molecule has 4 heteroatoms. The third-order valence-corrected chi connectivity index (χ3v) is 7.02. The molecule has 3 rings (SSSR count). The molecule has 2 nitrogen and oxygen atoms in total. The van der Waals surface area contributed by atoms with E-state index in [-0.39, 0.29) is 0 Å². The Morgan fingerprint density at radius 3 is 2.65 bits per heavy atom. The zero-order chi connectivity index (χ0) is 11.8. The molecular weight excluding hydrogens is 248 g/mol. The number of hydrogen-bond acceptors (Lipinski definition) is 3. The van der Waals surface area contributed by atoms with Crippen molar-refractivity contribution < 1.29 is 0 Å². The van der Waals surface area contributed by atoms with Crippen LogP contribution in [0, 0.1) is 0 Å². The molecule has 1 heterocycles. The smallest absolute Gasteiger partial charge is 0.157 e. The van der Waals surface area contributed by atoms with Crippen molar-refractivity contribution in [3.63, 3.8) is 0 Å². The molecule has 0 aromatic rings. The lowest BCUT2D eigenvalue weighted by molar-refractivity contribution is 0.303. The molecule has 0 radical (unpaired) electrons. The molecule has 0 unspecified atom stereocenters. The number of amidine groups is 1. The van der Waals surface area contributed by atoms with Crippen LogP contribution in [0.5, 0.6) is 0 Å². The SMILES string of the molecule is CSC1(CN=C2NC3(CCCCC3)CS2)CC1. The Kier molecular flexibility index (Phi) is 3.37. The van der Waals surface area contributed by atoms with Gasteiger partial charge in [-0.25, -0.2) is 0 Å². The van der Waals surface area contributed by atoms with Gasteiger partial charge in [-0.2, -0.15) is 11.8 Å². The van der Waals surface area contributed by atoms with Crippen molar-refractivity contribution in [1.82, 2.24) is 5.32 Å². The highest BCUT2D eigenvalue weighted by Gasteiger charge is 2.43. The molecule has 1 spiro atoms. The van der Waals surface area contributed by atoms with E-state index in [4.69, 9.17) is 4.99 Å². The molecule has 3 fully saturated rings. The van der Waals surface area contributed by atoms with E-state index < -0.39 is 0 Å². The number of rotatable bonds is 3. The fourth-order valence-electron chi connectivity index (χ4n) is 2.87. The average molecular weight is 270 g/mol. The second kappa shape index (κ2) is 4.69. The van der Waals surface area contributed by atoms with Gasteiger partial charge in [0.15, 0.2) is 5.17 Å². The summed E-state index contributed by atoms with van der Waals surface area (Å²) in [7, 11) is 0. The van der Waals surface area contributed by atoms with Crippen LogP contribution in [0.3, 0.4) is 0 Å². The highest BCUT2D eigenvalue weighted by molar-refractivity contribution is 8.14. The summed E-state index contributed by atoms with van der Waals surface area (Å²) in [6.07, 6.45) is 11.9. The Hall–Kier alpha value is 0.170. The summed E-state index contributed by atoms with van der Waals surface area (Å²) in [6, 6.07) is 0. The Morgan fingerprint density at radius 2 is 2.00 bits per heavy atom. The van der Waals surface area contributed by atoms with E-state index in [0.29, 0.717) is 10.3 Å². The predicted octanol–water partition coefficient (Wildman–Crippen LogP) is 3.28. The van der Waals surface area contributed by atoms with Crippen LogP contribution in [-0.2, 0) is 0 Å². The third-order valence-electron chi connectivity index (χ3n) is 4.42. The minimum atomic E-state index is 0.415. The van der Waals surface area contributed by atoms with E-state index in [1.807, 2.05) is 23.5 Å². The van der Waals surface area contributed by atoms with Gasteiger partial charge in [0, 0.05) is 16.0 Å². The van der Waals surface area contributed by atoms with Crippen molar-refractivity contribution in [3.8, 4) is 0 Å². The van der Waals surface area contributed by atoms with Crippen LogP contribution in [-0.4, -0.2) is 34.0 Å². The molecule has 0 bridgehead atoms. The fraction of sp³-hybridized carbons (Fsp3) is 0.923. The van der Waals surface area contributed by atoms with E-state index >= 15 is 0 Å². The van der Waals surface area contributed by atoms with E-state index in [1.165, 1.54) is 55.9 Å². The molecule has 1 N–H and O–H groups in total. The van der Waals surface area contributed by atoms with Gasteiger partial charge in [0.25, 0.3) is 0 Å². The monoisotopic (exact) mass is 270 g/mol. The van der Waals surface area contributed by atoms with Gasteiger partial charge in [-0.3, -0.25) is 4.99 Å². The van der Waals surface area contributed by atoms with Crippen LogP contribution in [0.15, 0.2) is 4.99 Å². The standard InChI is InChI=1S/C13H22N2S2/c1-16-13(7-8-13)9-14-11-15-12(10-17-11)5-3-2-4-6-12/h2-10H2,1H3,(H,14,15). The molecular formula is C13H22N2S2. The first kappa shape index (κ1) is 12.2. The largest absolute Gasteiger partial charge is 0.359 e. The Labute approximate surface area is 113 Å². The maximum atomic E-state index is 4.83. The summed E-state index contributed by atoms with van der Waals surface area (Å²) < 4.78 is 0.511. The molecule has 96 valence electrons. The number of hydrogen-bond donors (Lipinski definition) is 1. The first-order valence-electron chi connectivity index (χ1n) is 6.77. The van der Waals surface area contributed by atoms with E-state index in [0.717, 1.165) is 6.54 Å². The summed E-state index contributed by atoms with van der Waals surface area (Å²) in [5.74, 6) is 1.25. The van der Waals surface area contributed by atoms with E-state index in [2.05, 4.69) is 11.6 Å². The van der Waals surface area contributed by atoms with Gasteiger partial charge in [0.05, 0.1) is 6.54 Å². The van der Waals surface area contributed by atoms with Crippen LogP contribution >= 0.6 is 23.5 Å². The molecule has 3 aliphatic rings. The number of nitrogens with zero attached hydrogens (tertiary/aromatic N) is 1. The minimum absolute atomic E-state index is 0.415. The van der Waals surface area contributed by atoms with Gasteiger partial charge in [0.2, 0.25) is 0 Å². The molecule has 0 atom stereocenters. The fourth-order valence-corrected chi connectivity index (χ4v) is 4.79. The molecule has 0 aromatic carbocycles. The van der Waals surface area contributed by atoms with Crippen LogP contribution in [0.2, 0.25) is 0 Å². The quantitative estimate of drug-likeness (QED) is 0.852. The van der Waals surface area contributed by atoms with Crippen molar-refractivity contribution in [2.45, 2.75) is 55.2 Å². The Bertz CT molecular complexity index is 317. The summed E-state index contributed by atoms with van der Waals surface area (Å²) in [5.41, 5.74) is 0.415. The lowest BCUT2D eigenvalue weighted by atomic mass is 9.83.